The zero-order valence-corrected chi connectivity index (χ0v) is 20.3. The first-order valence-corrected chi connectivity index (χ1v) is 12.9. The fourth-order valence-corrected chi connectivity index (χ4v) is 6.17. The smallest absolute Gasteiger partial charge is 0.341 e. The molecule has 0 aromatic carbocycles. The molecular weight excluding hydrogens is 456 g/mol. The second-order valence-electron chi connectivity index (χ2n) is 7.29. The Hall–Kier alpha value is -1.91. The third kappa shape index (κ3) is 6.54. The molecule has 1 aliphatic rings. The number of nitrogens with one attached hydrogen (secondary N) is 1. The summed E-state index contributed by atoms with van der Waals surface area (Å²) in [5.74, 6) is -0.733. The Bertz CT molecular complexity index is 951. The van der Waals surface area contributed by atoms with Gasteiger partial charge in [0.15, 0.2) is 4.34 Å². The van der Waals surface area contributed by atoms with Crippen molar-refractivity contribution in [2.75, 3.05) is 17.7 Å². The van der Waals surface area contributed by atoms with Gasteiger partial charge in [-0.05, 0) is 52.0 Å². The Balaban J connectivity index is 1.63. The van der Waals surface area contributed by atoms with Gasteiger partial charge in [0, 0.05) is 10.3 Å². The number of ether oxygens (including phenoxy) is 2. The molecule has 1 N–H and O–H groups in total. The second-order valence-corrected chi connectivity index (χ2v) is 10.5. The van der Waals surface area contributed by atoms with Gasteiger partial charge >= 0.3 is 11.9 Å². The summed E-state index contributed by atoms with van der Waals surface area (Å²) in [4.78, 5) is 42.4. The molecule has 1 amide bonds. The third-order valence-corrected chi connectivity index (χ3v) is 7.74. The standard InChI is InChI=1S/C21H26N2O5S3/c1-4-27-17(25)9-13-10-29-21(22-13)30-11-16(24)23-19-18(20(26)28-12(2)3)14-7-5-6-8-15(14)31-19/h10,12H,4-9,11H2,1-3H3,(H,23,24). The number of thiophene rings is 1. The number of aryl methyl sites for hydroxylation is 1. The van der Waals surface area contributed by atoms with E-state index in [1.54, 1.807) is 12.3 Å². The minimum Gasteiger partial charge on any atom is -0.466 e. The van der Waals surface area contributed by atoms with Crippen LogP contribution in [0.15, 0.2) is 9.72 Å². The Morgan fingerprint density at radius 2 is 2.03 bits per heavy atom. The predicted octanol–water partition coefficient (Wildman–Crippen LogP) is 4.49. The summed E-state index contributed by atoms with van der Waals surface area (Å²) in [5.41, 5.74) is 2.17. The zero-order valence-electron chi connectivity index (χ0n) is 17.8. The van der Waals surface area contributed by atoms with Gasteiger partial charge in [-0.1, -0.05) is 11.8 Å². The van der Waals surface area contributed by atoms with Gasteiger partial charge < -0.3 is 14.8 Å². The molecule has 0 fully saturated rings. The average Bonchev–Trinajstić information content (AvgIpc) is 3.29. The Morgan fingerprint density at radius 1 is 1.26 bits per heavy atom. The lowest BCUT2D eigenvalue weighted by atomic mass is 9.95. The first-order chi connectivity index (χ1) is 14.9. The molecule has 2 aromatic heterocycles. The lowest BCUT2D eigenvalue weighted by Crippen LogP contribution is -2.18. The molecule has 0 spiro atoms. The predicted molar refractivity (Wildman–Crippen MR) is 123 cm³/mol. The normalized spacial score (nSPS) is 13.0. The third-order valence-electron chi connectivity index (χ3n) is 4.46. The number of carbonyl (C=O) groups is 3. The van der Waals surface area contributed by atoms with Crippen molar-refractivity contribution >= 4 is 57.3 Å². The number of nitrogens with zero attached hydrogens (tertiary/aromatic N) is 1. The summed E-state index contributed by atoms with van der Waals surface area (Å²) in [5, 5.41) is 5.28. The van der Waals surface area contributed by atoms with Crippen molar-refractivity contribution in [3.8, 4) is 0 Å². The number of amides is 1. The molecule has 0 unspecified atom stereocenters. The van der Waals surface area contributed by atoms with Crippen molar-refractivity contribution in [2.24, 2.45) is 0 Å². The fourth-order valence-electron chi connectivity index (χ4n) is 3.23. The molecular formula is C21H26N2O5S3. The van der Waals surface area contributed by atoms with Crippen molar-refractivity contribution in [3.63, 3.8) is 0 Å². The van der Waals surface area contributed by atoms with Crippen LogP contribution in [0.25, 0.3) is 0 Å². The van der Waals surface area contributed by atoms with Crippen LogP contribution in [0.5, 0.6) is 0 Å². The molecule has 2 heterocycles. The van der Waals surface area contributed by atoms with E-state index in [-0.39, 0.29) is 36.1 Å². The van der Waals surface area contributed by atoms with Crippen LogP contribution in [0.4, 0.5) is 5.00 Å². The van der Waals surface area contributed by atoms with Crippen LogP contribution in [0.1, 0.15) is 60.1 Å². The number of carbonyl (C=O) groups excluding carboxylic acids is 3. The maximum atomic E-state index is 12.7. The van der Waals surface area contributed by atoms with Crippen molar-refractivity contribution in [1.82, 2.24) is 4.98 Å². The topological polar surface area (TPSA) is 94.6 Å². The zero-order chi connectivity index (χ0) is 22.4. The van der Waals surface area contributed by atoms with Crippen LogP contribution in [0, 0.1) is 0 Å². The number of anilines is 1. The summed E-state index contributed by atoms with van der Waals surface area (Å²) >= 11 is 4.16. The second kappa shape index (κ2) is 11.1. The molecule has 0 atom stereocenters. The quantitative estimate of drug-likeness (QED) is 0.416. The summed E-state index contributed by atoms with van der Waals surface area (Å²) in [6, 6.07) is 0. The molecule has 0 bridgehead atoms. The highest BCUT2D eigenvalue weighted by Gasteiger charge is 2.28. The van der Waals surface area contributed by atoms with Gasteiger partial charge in [-0.2, -0.15) is 0 Å². The van der Waals surface area contributed by atoms with Crippen molar-refractivity contribution < 1.29 is 23.9 Å². The maximum absolute atomic E-state index is 12.7. The van der Waals surface area contributed by atoms with E-state index in [1.807, 2.05) is 13.8 Å². The number of hydrogen-bond acceptors (Lipinski definition) is 9. The molecule has 0 aliphatic heterocycles. The van der Waals surface area contributed by atoms with E-state index in [4.69, 9.17) is 9.47 Å². The highest BCUT2D eigenvalue weighted by atomic mass is 32.2. The van der Waals surface area contributed by atoms with Gasteiger partial charge in [0.25, 0.3) is 0 Å². The van der Waals surface area contributed by atoms with Gasteiger partial charge in [-0.25, -0.2) is 9.78 Å². The van der Waals surface area contributed by atoms with Crippen LogP contribution >= 0.6 is 34.4 Å². The summed E-state index contributed by atoms with van der Waals surface area (Å²) < 4.78 is 11.1. The van der Waals surface area contributed by atoms with E-state index < -0.39 is 0 Å². The van der Waals surface area contributed by atoms with Crippen molar-refractivity contribution in [1.29, 1.82) is 0 Å². The van der Waals surface area contributed by atoms with Gasteiger partial charge in [0.1, 0.15) is 5.00 Å². The number of aromatic nitrogens is 1. The van der Waals surface area contributed by atoms with Gasteiger partial charge in [-0.15, -0.1) is 22.7 Å². The number of thiazole rings is 1. The van der Waals surface area contributed by atoms with Crippen LogP contribution in [-0.2, 0) is 38.3 Å². The van der Waals surface area contributed by atoms with Gasteiger partial charge in [0.2, 0.25) is 5.91 Å². The van der Waals surface area contributed by atoms with E-state index in [0.29, 0.717) is 27.2 Å². The maximum Gasteiger partial charge on any atom is 0.341 e. The van der Waals surface area contributed by atoms with Gasteiger partial charge in [0.05, 0.1) is 36.1 Å². The van der Waals surface area contributed by atoms with Gasteiger partial charge in [-0.3, -0.25) is 9.59 Å². The monoisotopic (exact) mass is 482 g/mol. The van der Waals surface area contributed by atoms with E-state index in [0.717, 1.165) is 36.1 Å². The van der Waals surface area contributed by atoms with E-state index >= 15 is 0 Å². The van der Waals surface area contributed by atoms with Crippen molar-refractivity contribution in [3.05, 3.63) is 27.1 Å². The number of thioether (sulfide) groups is 1. The first-order valence-electron chi connectivity index (χ1n) is 10.3. The van der Waals surface area contributed by atoms with E-state index in [1.165, 1.54) is 34.4 Å². The minimum absolute atomic E-state index is 0.124. The van der Waals surface area contributed by atoms with Crippen LogP contribution in [0.2, 0.25) is 0 Å². The Kier molecular flexibility index (Phi) is 8.50. The minimum atomic E-state index is -0.374. The van der Waals surface area contributed by atoms with Crippen LogP contribution < -0.4 is 5.32 Å². The molecule has 2 aromatic rings. The lowest BCUT2D eigenvalue weighted by molar-refractivity contribution is -0.142. The highest BCUT2D eigenvalue weighted by molar-refractivity contribution is 8.01. The van der Waals surface area contributed by atoms with Crippen molar-refractivity contribution in [2.45, 2.75) is 63.3 Å². The summed E-state index contributed by atoms with van der Waals surface area (Å²) in [6.45, 7) is 5.73. The Morgan fingerprint density at radius 3 is 2.77 bits per heavy atom. The average molecular weight is 483 g/mol. The van der Waals surface area contributed by atoms with E-state index in [2.05, 4.69) is 10.3 Å². The SMILES string of the molecule is CCOC(=O)Cc1csc(SCC(=O)Nc2sc3c(c2C(=O)OC(C)C)CCCC3)n1. The Labute approximate surface area is 193 Å². The fraction of sp³-hybridized carbons (Fsp3) is 0.524. The number of fused-ring (bicyclic) bond motifs is 1. The molecule has 7 nitrogen and oxygen atoms in total. The molecule has 0 radical (unpaired) electrons. The highest BCUT2D eigenvalue weighted by Crippen LogP contribution is 2.39. The van der Waals surface area contributed by atoms with E-state index in [9.17, 15) is 14.4 Å². The molecule has 10 heteroatoms. The molecule has 0 saturated heterocycles. The molecule has 1 aliphatic carbocycles. The summed E-state index contributed by atoms with van der Waals surface area (Å²) in [6.07, 6.45) is 3.79. The lowest BCUT2D eigenvalue weighted by Gasteiger charge is -2.14. The molecule has 3 rings (SSSR count). The largest absolute Gasteiger partial charge is 0.466 e. The molecule has 168 valence electrons. The number of rotatable bonds is 9. The van der Waals surface area contributed by atoms with Crippen LogP contribution in [0.3, 0.4) is 0 Å². The molecule has 31 heavy (non-hydrogen) atoms. The molecule has 0 saturated carbocycles. The first kappa shape index (κ1) is 23.7. The summed E-state index contributed by atoms with van der Waals surface area (Å²) in [7, 11) is 0. The number of hydrogen-bond donors (Lipinski definition) is 1. The number of esters is 2. The van der Waals surface area contributed by atoms with Crippen LogP contribution in [-0.4, -0.2) is 41.3 Å².